The SMILES string of the molecule is O=C(NCC1CC1)[C@H]1CCS(=O)(=O)[C@@H]2CNC[C@H]12. The highest BCUT2D eigenvalue weighted by Gasteiger charge is 2.47. The maximum atomic E-state index is 12.2. The summed E-state index contributed by atoms with van der Waals surface area (Å²) in [4.78, 5) is 12.2. The Hall–Kier alpha value is -0.620. The van der Waals surface area contributed by atoms with Crippen LogP contribution in [0, 0.1) is 17.8 Å². The van der Waals surface area contributed by atoms with Crippen molar-refractivity contribution in [1.29, 1.82) is 0 Å². The first-order valence-corrected chi connectivity index (χ1v) is 8.49. The number of carbonyl (C=O) groups excluding carboxylic acids is 1. The largest absolute Gasteiger partial charge is 0.356 e. The van der Waals surface area contributed by atoms with Gasteiger partial charge in [-0.3, -0.25) is 4.79 Å². The van der Waals surface area contributed by atoms with Crippen molar-refractivity contribution in [3.05, 3.63) is 0 Å². The fourth-order valence-electron chi connectivity index (χ4n) is 3.15. The third-order valence-electron chi connectivity index (χ3n) is 4.49. The van der Waals surface area contributed by atoms with Gasteiger partial charge in [-0.1, -0.05) is 0 Å². The Morgan fingerprint density at radius 3 is 2.72 bits per heavy atom. The lowest BCUT2D eigenvalue weighted by Crippen LogP contribution is -2.47. The van der Waals surface area contributed by atoms with Gasteiger partial charge in [-0.05, 0) is 25.2 Å². The lowest BCUT2D eigenvalue weighted by atomic mass is 9.87. The molecule has 1 aliphatic carbocycles. The summed E-state index contributed by atoms with van der Waals surface area (Å²) in [6.07, 6.45) is 2.92. The Morgan fingerprint density at radius 2 is 2.00 bits per heavy atom. The molecule has 0 bridgehead atoms. The number of amides is 1. The van der Waals surface area contributed by atoms with Gasteiger partial charge < -0.3 is 10.6 Å². The third kappa shape index (κ3) is 2.28. The van der Waals surface area contributed by atoms with Crippen LogP contribution in [0.2, 0.25) is 0 Å². The molecule has 0 spiro atoms. The monoisotopic (exact) mass is 272 g/mol. The van der Waals surface area contributed by atoms with Crippen molar-refractivity contribution in [3.8, 4) is 0 Å². The van der Waals surface area contributed by atoms with E-state index in [4.69, 9.17) is 0 Å². The van der Waals surface area contributed by atoms with Crippen LogP contribution in [0.3, 0.4) is 0 Å². The van der Waals surface area contributed by atoms with Gasteiger partial charge in [-0.25, -0.2) is 8.42 Å². The van der Waals surface area contributed by atoms with E-state index >= 15 is 0 Å². The van der Waals surface area contributed by atoms with E-state index in [0.29, 0.717) is 25.4 Å². The minimum atomic E-state index is -2.99. The van der Waals surface area contributed by atoms with Gasteiger partial charge in [-0.2, -0.15) is 0 Å². The van der Waals surface area contributed by atoms with Crippen LogP contribution in [0.4, 0.5) is 0 Å². The summed E-state index contributed by atoms with van der Waals surface area (Å²) in [6, 6.07) is 0. The van der Waals surface area contributed by atoms with Crippen molar-refractivity contribution in [2.45, 2.75) is 24.5 Å². The molecule has 1 saturated carbocycles. The first kappa shape index (κ1) is 12.4. The summed E-state index contributed by atoms with van der Waals surface area (Å²) in [5.41, 5.74) is 0. The second kappa shape index (κ2) is 4.49. The number of sulfone groups is 1. The smallest absolute Gasteiger partial charge is 0.223 e. The Kier molecular flexibility index (Phi) is 3.10. The fraction of sp³-hybridized carbons (Fsp3) is 0.917. The predicted octanol–water partition coefficient (Wildman–Crippen LogP) is -0.465. The molecule has 3 fully saturated rings. The van der Waals surface area contributed by atoms with Gasteiger partial charge in [0.1, 0.15) is 0 Å². The molecule has 2 heterocycles. The van der Waals surface area contributed by atoms with Crippen molar-refractivity contribution in [2.24, 2.45) is 17.8 Å². The number of nitrogens with one attached hydrogen (secondary N) is 2. The van der Waals surface area contributed by atoms with E-state index in [2.05, 4.69) is 10.6 Å². The van der Waals surface area contributed by atoms with E-state index in [0.717, 1.165) is 6.54 Å². The van der Waals surface area contributed by atoms with E-state index in [-0.39, 0.29) is 28.7 Å². The quantitative estimate of drug-likeness (QED) is 0.729. The van der Waals surface area contributed by atoms with Crippen molar-refractivity contribution >= 4 is 15.7 Å². The first-order valence-electron chi connectivity index (χ1n) is 6.78. The molecule has 0 aromatic rings. The van der Waals surface area contributed by atoms with E-state index in [1.165, 1.54) is 12.8 Å². The number of rotatable bonds is 3. The average molecular weight is 272 g/mol. The molecule has 1 amide bonds. The zero-order valence-corrected chi connectivity index (χ0v) is 11.2. The Balaban J connectivity index is 1.67. The minimum Gasteiger partial charge on any atom is -0.356 e. The summed E-state index contributed by atoms with van der Waals surface area (Å²) in [5, 5.41) is 5.77. The molecule has 0 aromatic carbocycles. The maximum absolute atomic E-state index is 12.2. The highest BCUT2D eigenvalue weighted by Crippen LogP contribution is 2.34. The molecule has 2 aliphatic heterocycles. The van der Waals surface area contributed by atoms with Crippen LogP contribution in [0.25, 0.3) is 0 Å². The molecule has 6 heteroatoms. The molecule has 0 radical (unpaired) electrons. The van der Waals surface area contributed by atoms with Gasteiger partial charge in [0.15, 0.2) is 9.84 Å². The zero-order valence-electron chi connectivity index (χ0n) is 10.4. The highest BCUT2D eigenvalue weighted by atomic mass is 32.2. The Bertz CT molecular complexity index is 444. The standard InChI is InChI=1S/C12H20N2O3S/c15-12(14-5-8-1-2-8)9-3-4-18(16,17)11-7-13-6-10(9)11/h8-11,13H,1-7H2,(H,14,15)/t9-,10+,11+/m0/s1. The van der Waals surface area contributed by atoms with E-state index in [1.807, 2.05) is 0 Å². The van der Waals surface area contributed by atoms with Gasteiger partial charge in [0.2, 0.25) is 5.91 Å². The molecule has 2 saturated heterocycles. The summed E-state index contributed by atoms with van der Waals surface area (Å²) >= 11 is 0. The molecule has 5 nitrogen and oxygen atoms in total. The van der Waals surface area contributed by atoms with Crippen LogP contribution in [0.15, 0.2) is 0 Å². The second-order valence-corrected chi connectivity index (χ2v) is 8.15. The molecule has 3 aliphatic rings. The Labute approximate surface area is 108 Å². The lowest BCUT2D eigenvalue weighted by Gasteiger charge is -2.31. The van der Waals surface area contributed by atoms with Crippen molar-refractivity contribution < 1.29 is 13.2 Å². The van der Waals surface area contributed by atoms with Gasteiger partial charge >= 0.3 is 0 Å². The van der Waals surface area contributed by atoms with Crippen molar-refractivity contribution in [2.75, 3.05) is 25.4 Å². The molecular formula is C12H20N2O3S. The van der Waals surface area contributed by atoms with E-state index < -0.39 is 9.84 Å². The molecule has 3 rings (SSSR count). The van der Waals surface area contributed by atoms with E-state index in [9.17, 15) is 13.2 Å². The van der Waals surface area contributed by atoms with Crippen LogP contribution in [0.1, 0.15) is 19.3 Å². The molecule has 0 unspecified atom stereocenters. The second-order valence-electron chi connectivity index (χ2n) is 5.81. The zero-order chi connectivity index (χ0) is 12.8. The number of carbonyl (C=O) groups is 1. The number of fused-ring (bicyclic) bond motifs is 1. The van der Waals surface area contributed by atoms with Crippen LogP contribution >= 0.6 is 0 Å². The normalized spacial score (nSPS) is 38.1. The molecule has 102 valence electrons. The van der Waals surface area contributed by atoms with Gasteiger partial charge in [0, 0.05) is 31.5 Å². The van der Waals surface area contributed by atoms with Gasteiger partial charge in [-0.15, -0.1) is 0 Å². The molecule has 18 heavy (non-hydrogen) atoms. The average Bonchev–Trinajstić information content (AvgIpc) is 3.01. The fourth-order valence-corrected chi connectivity index (χ4v) is 5.23. The molecule has 0 aromatic heterocycles. The van der Waals surface area contributed by atoms with Crippen LogP contribution < -0.4 is 10.6 Å². The number of hydrogen-bond acceptors (Lipinski definition) is 4. The predicted molar refractivity (Wildman–Crippen MR) is 67.8 cm³/mol. The van der Waals surface area contributed by atoms with Crippen LogP contribution in [-0.2, 0) is 14.6 Å². The topological polar surface area (TPSA) is 75.3 Å². The van der Waals surface area contributed by atoms with Crippen molar-refractivity contribution in [3.63, 3.8) is 0 Å². The first-order chi connectivity index (χ1) is 8.58. The minimum absolute atomic E-state index is 0.0250. The third-order valence-corrected chi connectivity index (χ3v) is 6.74. The molecule has 3 atom stereocenters. The highest BCUT2D eigenvalue weighted by molar-refractivity contribution is 7.92. The molecule has 2 N–H and O–H groups in total. The summed E-state index contributed by atoms with van der Waals surface area (Å²) in [5.74, 6) is 0.752. The lowest BCUT2D eigenvalue weighted by molar-refractivity contribution is -0.126. The van der Waals surface area contributed by atoms with Crippen molar-refractivity contribution in [1.82, 2.24) is 10.6 Å². The van der Waals surface area contributed by atoms with Gasteiger partial charge in [0.05, 0.1) is 11.0 Å². The maximum Gasteiger partial charge on any atom is 0.223 e. The number of hydrogen-bond donors (Lipinski definition) is 2. The van der Waals surface area contributed by atoms with Gasteiger partial charge in [0.25, 0.3) is 0 Å². The van der Waals surface area contributed by atoms with E-state index in [1.54, 1.807) is 0 Å². The van der Waals surface area contributed by atoms with Crippen LogP contribution in [0.5, 0.6) is 0 Å². The Morgan fingerprint density at radius 1 is 1.22 bits per heavy atom. The van der Waals surface area contributed by atoms with Crippen LogP contribution in [-0.4, -0.2) is 45.0 Å². The summed E-state index contributed by atoms with van der Waals surface area (Å²) < 4.78 is 23.9. The summed E-state index contributed by atoms with van der Waals surface area (Å²) in [7, 11) is -2.99. The summed E-state index contributed by atoms with van der Waals surface area (Å²) in [6.45, 7) is 1.94. The molecular weight excluding hydrogens is 252 g/mol.